The molecule has 0 unspecified atom stereocenters. The van der Waals surface area contributed by atoms with E-state index in [-0.39, 0.29) is 5.91 Å². The quantitative estimate of drug-likeness (QED) is 0.780. The Kier molecular flexibility index (Phi) is 3.91. The number of carbonyl (C=O) groups excluding carboxylic acids is 1. The van der Waals surface area contributed by atoms with E-state index in [2.05, 4.69) is 17.5 Å². The van der Waals surface area contributed by atoms with Crippen LogP contribution in [0.15, 0.2) is 35.4 Å². The van der Waals surface area contributed by atoms with Gasteiger partial charge in [-0.15, -0.1) is 0 Å². The monoisotopic (exact) mass is 230 g/mol. The number of hydrogen-bond acceptors (Lipinski definition) is 2. The van der Waals surface area contributed by atoms with Crippen molar-refractivity contribution in [3.05, 3.63) is 35.9 Å². The van der Waals surface area contributed by atoms with Crippen LogP contribution in [0.2, 0.25) is 0 Å². The maximum Gasteiger partial charge on any atom is 0.271 e. The summed E-state index contributed by atoms with van der Waals surface area (Å²) in [5.41, 5.74) is 4.43. The summed E-state index contributed by atoms with van der Waals surface area (Å²) in [7, 11) is 0. The van der Waals surface area contributed by atoms with E-state index in [4.69, 9.17) is 0 Å². The Balaban J connectivity index is 1.97. The smallest absolute Gasteiger partial charge is 0.267 e. The Bertz CT molecular complexity index is 411. The lowest BCUT2D eigenvalue weighted by Crippen LogP contribution is -2.24. The minimum absolute atomic E-state index is 0.129. The number of hydrazone groups is 1. The highest BCUT2D eigenvalue weighted by atomic mass is 16.2. The average molecular weight is 230 g/mol. The zero-order valence-electron chi connectivity index (χ0n) is 10.1. The summed E-state index contributed by atoms with van der Waals surface area (Å²) in [6, 6.07) is 9.18. The maximum absolute atomic E-state index is 11.8. The highest BCUT2D eigenvalue weighted by molar-refractivity contribution is 5.95. The SMILES string of the molecule is C[C@H]1CCCC/C1=N\NC(=O)c1ccccc1. The van der Waals surface area contributed by atoms with Crippen LogP contribution in [-0.2, 0) is 0 Å². The normalized spacial score (nSPS) is 22.4. The molecule has 0 heterocycles. The molecule has 2 rings (SSSR count). The molecule has 1 N–H and O–H groups in total. The third-order valence-electron chi connectivity index (χ3n) is 3.23. The molecule has 3 heteroatoms. The number of carbonyl (C=O) groups is 1. The molecule has 17 heavy (non-hydrogen) atoms. The van der Waals surface area contributed by atoms with Crippen molar-refractivity contribution in [1.29, 1.82) is 0 Å². The standard InChI is InChI=1S/C14H18N2O/c1-11-7-5-6-10-13(11)15-16-14(17)12-8-3-2-4-9-12/h2-4,8-9,11H,5-7,10H2,1H3,(H,16,17)/b15-13+/t11-/m0/s1. The third kappa shape index (κ3) is 3.16. The molecule has 1 aliphatic carbocycles. The fraction of sp³-hybridized carbons (Fsp3) is 0.429. The predicted octanol–water partition coefficient (Wildman–Crippen LogP) is 2.98. The van der Waals surface area contributed by atoms with Crippen LogP contribution in [0.1, 0.15) is 43.0 Å². The summed E-state index contributed by atoms with van der Waals surface area (Å²) in [6.07, 6.45) is 4.65. The molecule has 0 aromatic heterocycles. The molecular formula is C14H18N2O. The number of hydrogen-bond donors (Lipinski definition) is 1. The Morgan fingerprint density at radius 2 is 2.06 bits per heavy atom. The van der Waals surface area contributed by atoms with E-state index in [1.807, 2.05) is 18.2 Å². The Hall–Kier alpha value is -1.64. The van der Waals surface area contributed by atoms with Crippen molar-refractivity contribution in [3.8, 4) is 0 Å². The van der Waals surface area contributed by atoms with Crippen molar-refractivity contribution in [1.82, 2.24) is 5.43 Å². The van der Waals surface area contributed by atoms with Crippen LogP contribution in [0.25, 0.3) is 0 Å². The predicted molar refractivity (Wildman–Crippen MR) is 69.0 cm³/mol. The molecule has 0 radical (unpaired) electrons. The number of rotatable bonds is 2. The van der Waals surface area contributed by atoms with E-state index >= 15 is 0 Å². The summed E-state index contributed by atoms with van der Waals surface area (Å²) < 4.78 is 0. The van der Waals surface area contributed by atoms with Crippen LogP contribution in [0.5, 0.6) is 0 Å². The number of nitrogens with zero attached hydrogens (tertiary/aromatic N) is 1. The summed E-state index contributed by atoms with van der Waals surface area (Å²) in [6.45, 7) is 2.17. The second-order valence-corrected chi connectivity index (χ2v) is 4.56. The average Bonchev–Trinajstić information content (AvgIpc) is 2.38. The van der Waals surface area contributed by atoms with Gasteiger partial charge in [-0.05, 0) is 37.3 Å². The van der Waals surface area contributed by atoms with Crippen LogP contribution in [-0.4, -0.2) is 11.6 Å². The van der Waals surface area contributed by atoms with Crippen molar-refractivity contribution in [3.63, 3.8) is 0 Å². The second kappa shape index (κ2) is 5.62. The van der Waals surface area contributed by atoms with Gasteiger partial charge in [-0.1, -0.05) is 31.5 Å². The van der Waals surface area contributed by atoms with Crippen LogP contribution in [0.4, 0.5) is 0 Å². The van der Waals surface area contributed by atoms with Gasteiger partial charge in [-0.25, -0.2) is 5.43 Å². The number of nitrogens with one attached hydrogen (secondary N) is 1. The molecule has 1 saturated carbocycles. The maximum atomic E-state index is 11.8. The van der Waals surface area contributed by atoms with Gasteiger partial charge in [0.2, 0.25) is 0 Å². The molecule has 0 aliphatic heterocycles. The first kappa shape index (κ1) is 11.8. The molecule has 1 aliphatic rings. The highest BCUT2D eigenvalue weighted by Crippen LogP contribution is 2.20. The molecule has 1 fully saturated rings. The van der Waals surface area contributed by atoms with Crippen LogP contribution < -0.4 is 5.43 Å². The van der Waals surface area contributed by atoms with E-state index in [1.54, 1.807) is 12.1 Å². The van der Waals surface area contributed by atoms with E-state index in [0.717, 1.165) is 12.1 Å². The lowest BCUT2D eigenvalue weighted by Gasteiger charge is -2.19. The largest absolute Gasteiger partial charge is 0.271 e. The lowest BCUT2D eigenvalue weighted by molar-refractivity contribution is 0.0954. The van der Waals surface area contributed by atoms with E-state index in [9.17, 15) is 4.79 Å². The van der Waals surface area contributed by atoms with E-state index < -0.39 is 0 Å². The van der Waals surface area contributed by atoms with Crippen molar-refractivity contribution in [2.45, 2.75) is 32.6 Å². The number of amides is 1. The van der Waals surface area contributed by atoms with Crippen LogP contribution >= 0.6 is 0 Å². The Morgan fingerprint density at radius 1 is 1.29 bits per heavy atom. The van der Waals surface area contributed by atoms with Crippen molar-refractivity contribution in [2.75, 3.05) is 0 Å². The molecule has 90 valence electrons. The van der Waals surface area contributed by atoms with Crippen LogP contribution in [0.3, 0.4) is 0 Å². The molecule has 0 bridgehead atoms. The molecule has 3 nitrogen and oxygen atoms in total. The Morgan fingerprint density at radius 3 is 2.76 bits per heavy atom. The van der Waals surface area contributed by atoms with Gasteiger partial charge >= 0.3 is 0 Å². The zero-order chi connectivity index (χ0) is 12.1. The van der Waals surface area contributed by atoms with Gasteiger partial charge in [0, 0.05) is 11.3 Å². The summed E-state index contributed by atoms with van der Waals surface area (Å²) >= 11 is 0. The fourth-order valence-electron chi connectivity index (χ4n) is 2.11. The molecule has 1 aromatic rings. The summed E-state index contributed by atoms with van der Waals surface area (Å²) in [5, 5.41) is 4.26. The summed E-state index contributed by atoms with van der Waals surface area (Å²) in [5.74, 6) is 0.371. The van der Waals surface area contributed by atoms with Crippen molar-refractivity contribution in [2.24, 2.45) is 11.0 Å². The zero-order valence-corrected chi connectivity index (χ0v) is 10.1. The summed E-state index contributed by atoms with van der Waals surface area (Å²) in [4.78, 5) is 11.8. The molecule has 1 aromatic carbocycles. The van der Waals surface area contributed by atoms with Crippen LogP contribution in [0, 0.1) is 5.92 Å². The number of benzene rings is 1. The molecule has 0 saturated heterocycles. The minimum Gasteiger partial charge on any atom is -0.267 e. The molecular weight excluding hydrogens is 212 g/mol. The first-order valence-electron chi connectivity index (χ1n) is 6.19. The van der Waals surface area contributed by atoms with E-state index in [0.29, 0.717) is 11.5 Å². The van der Waals surface area contributed by atoms with Gasteiger partial charge in [-0.3, -0.25) is 4.79 Å². The highest BCUT2D eigenvalue weighted by Gasteiger charge is 2.16. The van der Waals surface area contributed by atoms with Gasteiger partial charge in [-0.2, -0.15) is 5.10 Å². The molecule has 0 spiro atoms. The second-order valence-electron chi connectivity index (χ2n) is 4.56. The minimum atomic E-state index is -0.129. The Labute approximate surface area is 102 Å². The van der Waals surface area contributed by atoms with E-state index in [1.165, 1.54) is 19.3 Å². The van der Waals surface area contributed by atoms with Crippen molar-refractivity contribution >= 4 is 11.6 Å². The molecule has 1 atom stereocenters. The van der Waals surface area contributed by atoms with Gasteiger partial charge in [0.1, 0.15) is 0 Å². The van der Waals surface area contributed by atoms with Gasteiger partial charge in [0.15, 0.2) is 0 Å². The third-order valence-corrected chi connectivity index (χ3v) is 3.23. The first-order chi connectivity index (χ1) is 8.27. The van der Waals surface area contributed by atoms with Crippen molar-refractivity contribution < 1.29 is 4.79 Å². The lowest BCUT2D eigenvalue weighted by atomic mass is 9.89. The fourth-order valence-corrected chi connectivity index (χ4v) is 2.11. The first-order valence-corrected chi connectivity index (χ1v) is 6.19. The van der Waals surface area contributed by atoms with Gasteiger partial charge in [0.25, 0.3) is 5.91 Å². The topological polar surface area (TPSA) is 41.5 Å². The van der Waals surface area contributed by atoms with Gasteiger partial charge < -0.3 is 0 Å². The molecule has 1 amide bonds. The van der Waals surface area contributed by atoms with Gasteiger partial charge in [0.05, 0.1) is 0 Å².